The summed E-state index contributed by atoms with van der Waals surface area (Å²) < 4.78 is 7.31. The van der Waals surface area contributed by atoms with Gasteiger partial charge in [0.05, 0.1) is 17.7 Å². The Labute approximate surface area is 180 Å². The van der Waals surface area contributed by atoms with Crippen LogP contribution in [0.5, 0.6) is 0 Å². The number of aromatic nitrogens is 1. The van der Waals surface area contributed by atoms with Crippen LogP contribution < -0.4 is 0 Å². The van der Waals surface area contributed by atoms with E-state index in [0.29, 0.717) is 36.2 Å². The molecule has 0 atom stereocenters. The van der Waals surface area contributed by atoms with Gasteiger partial charge in [-0.25, -0.2) is 0 Å². The van der Waals surface area contributed by atoms with Crippen molar-refractivity contribution in [2.24, 2.45) is 7.05 Å². The summed E-state index contributed by atoms with van der Waals surface area (Å²) in [5.41, 5.74) is 5.95. The molecular formula is C22H21Cl2N3O2. The summed E-state index contributed by atoms with van der Waals surface area (Å²) in [6, 6.07) is 8.17. The van der Waals surface area contributed by atoms with Gasteiger partial charge in [0.2, 0.25) is 5.91 Å². The van der Waals surface area contributed by atoms with Gasteiger partial charge in [-0.05, 0) is 47.7 Å². The Morgan fingerprint density at radius 3 is 2.86 bits per heavy atom. The van der Waals surface area contributed by atoms with Gasteiger partial charge in [0, 0.05) is 48.5 Å². The van der Waals surface area contributed by atoms with Gasteiger partial charge in [-0.15, -0.1) is 0 Å². The number of carbonyl (C=O) groups excluding carboxylic acids is 1. The highest BCUT2D eigenvalue weighted by molar-refractivity contribution is 6.36. The van der Waals surface area contributed by atoms with Crippen molar-refractivity contribution in [1.82, 2.24) is 9.47 Å². The van der Waals surface area contributed by atoms with Crippen molar-refractivity contribution in [1.29, 1.82) is 5.26 Å². The molecule has 1 aliphatic heterocycles. The molecule has 2 aliphatic rings. The second-order valence-electron chi connectivity index (χ2n) is 7.43. The molecule has 150 valence electrons. The number of halogens is 2. The lowest BCUT2D eigenvalue weighted by molar-refractivity contribution is -0.143. The van der Waals surface area contributed by atoms with E-state index >= 15 is 0 Å². The van der Waals surface area contributed by atoms with Crippen LogP contribution in [-0.4, -0.2) is 35.1 Å². The largest absolute Gasteiger partial charge is 0.370 e. The number of carbonyl (C=O) groups is 1. The van der Waals surface area contributed by atoms with Crippen molar-refractivity contribution in [3.05, 3.63) is 61.9 Å². The van der Waals surface area contributed by atoms with Gasteiger partial charge < -0.3 is 14.2 Å². The predicted octanol–water partition coefficient (Wildman–Crippen LogP) is 4.13. The molecule has 5 nitrogen and oxygen atoms in total. The van der Waals surface area contributed by atoms with Crippen LogP contribution in [0.4, 0.5) is 0 Å². The first kappa shape index (κ1) is 20.0. The van der Waals surface area contributed by atoms with Crippen LogP contribution in [0.3, 0.4) is 0 Å². The molecule has 1 fully saturated rings. The number of hydrogen-bond donors (Lipinski definition) is 0. The van der Waals surface area contributed by atoms with Gasteiger partial charge in [0.1, 0.15) is 6.61 Å². The Balaban J connectivity index is 1.63. The maximum absolute atomic E-state index is 12.1. The number of benzene rings is 1. The second-order valence-corrected chi connectivity index (χ2v) is 8.22. The molecule has 0 saturated carbocycles. The quantitative estimate of drug-likeness (QED) is 0.733. The smallest absolute Gasteiger partial charge is 0.248 e. The van der Waals surface area contributed by atoms with Crippen LogP contribution in [0.2, 0.25) is 10.0 Å². The van der Waals surface area contributed by atoms with E-state index in [9.17, 15) is 10.1 Å². The first-order chi connectivity index (χ1) is 14.0. The van der Waals surface area contributed by atoms with Crippen LogP contribution in [0.15, 0.2) is 23.8 Å². The van der Waals surface area contributed by atoms with Gasteiger partial charge in [0.25, 0.3) is 0 Å². The summed E-state index contributed by atoms with van der Waals surface area (Å²) in [5, 5.41) is 10.4. The molecule has 2 heterocycles. The predicted molar refractivity (Wildman–Crippen MR) is 113 cm³/mol. The van der Waals surface area contributed by atoms with Gasteiger partial charge in [-0.1, -0.05) is 29.3 Å². The number of aryl methyl sites for hydroxylation is 1. The summed E-state index contributed by atoms with van der Waals surface area (Å²) in [6.07, 6.45) is 4.19. The first-order valence-corrected chi connectivity index (χ1v) is 10.3. The summed E-state index contributed by atoms with van der Waals surface area (Å²) in [5.74, 6) is -0.0287. The minimum atomic E-state index is -0.0287. The molecule has 1 amide bonds. The molecule has 1 aliphatic carbocycles. The zero-order chi connectivity index (χ0) is 20.5. The van der Waals surface area contributed by atoms with Crippen molar-refractivity contribution in [2.45, 2.75) is 25.8 Å². The molecule has 4 rings (SSSR count). The third kappa shape index (κ3) is 3.93. The van der Waals surface area contributed by atoms with Crippen LogP contribution >= 0.6 is 23.2 Å². The molecule has 0 bridgehead atoms. The Kier molecular flexibility index (Phi) is 5.69. The number of nitrogens with zero attached hydrogens (tertiary/aromatic N) is 3. The standard InChI is InChI=1S/C22H21Cl2N3O2/c1-26-17(9-15-3-2-14(11-25)8-20(15)26)10-18-19(23)5-4-16(22(18)24)12-27-6-7-29-13-21(27)28/h4-5,8-9H,2-3,6-7,10,12-13H2,1H3. The summed E-state index contributed by atoms with van der Waals surface area (Å²) in [7, 11) is 2.00. The maximum atomic E-state index is 12.1. The lowest BCUT2D eigenvalue weighted by atomic mass is 9.98. The Bertz CT molecular complexity index is 1050. The zero-order valence-electron chi connectivity index (χ0n) is 16.2. The number of nitriles is 1. The fourth-order valence-corrected chi connectivity index (χ4v) is 4.49. The SMILES string of the molecule is Cn1c(Cc2c(Cl)ccc(CN3CCOCC3=O)c2Cl)cc2c1C=C(C#N)CC2. The van der Waals surface area contributed by atoms with Crippen molar-refractivity contribution in [3.63, 3.8) is 0 Å². The van der Waals surface area contributed by atoms with Crippen molar-refractivity contribution < 1.29 is 9.53 Å². The van der Waals surface area contributed by atoms with Crippen LogP contribution in [0.25, 0.3) is 6.08 Å². The maximum Gasteiger partial charge on any atom is 0.248 e. The Morgan fingerprint density at radius 2 is 2.10 bits per heavy atom. The van der Waals surface area contributed by atoms with E-state index in [-0.39, 0.29) is 12.5 Å². The van der Waals surface area contributed by atoms with Gasteiger partial charge >= 0.3 is 0 Å². The molecule has 0 N–H and O–H groups in total. The molecule has 29 heavy (non-hydrogen) atoms. The summed E-state index contributed by atoms with van der Waals surface area (Å²) in [4.78, 5) is 13.8. The van der Waals surface area contributed by atoms with Gasteiger partial charge in [0.15, 0.2) is 0 Å². The molecular weight excluding hydrogens is 409 g/mol. The first-order valence-electron chi connectivity index (χ1n) is 9.57. The second kappa shape index (κ2) is 8.23. The number of allylic oxidation sites excluding steroid dienone is 1. The minimum absolute atomic E-state index is 0.0287. The van der Waals surface area contributed by atoms with E-state index in [2.05, 4.69) is 16.7 Å². The number of ether oxygens (including phenoxy) is 1. The minimum Gasteiger partial charge on any atom is -0.370 e. The molecule has 0 radical (unpaired) electrons. The number of morpholine rings is 1. The van der Waals surface area contributed by atoms with E-state index in [1.807, 2.05) is 25.3 Å². The lowest BCUT2D eigenvalue weighted by Gasteiger charge is -2.27. The number of rotatable bonds is 4. The van der Waals surface area contributed by atoms with E-state index in [0.717, 1.165) is 40.9 Å². The highest BCUT2D eigenvalue weighted by atomic mass is 35.5. The third-order valence-corrected chi connectivity index (χ3v) is 6.47. The average Bonchev–Trinajstić information content (AvgIpc) is 3.03. The number of hydrogen-bond acceptors (Lipinski definition) is 3. The fraction of sp³-hybridized carbons (Fsp3) is 0.364. The normalized spacial score (nSPS) is 16.4. The molecule has 0 unspecified atom stereocenters. The third-order valence-electron chi connectivity index (χ3n) is 5.65. The Morgan fingerprint density at radius 1 is 1.28 bits per heavy atom. The molecule has 1 saturated heterocycles. The summed E-state index contributed by atoms with van der Waals surface area (Å²) in [6.45, 7) is 1.66. The molecule has 0 spiro atoms. The molecule has 1 aromatic heterocycles. The van der Waals surface area contributed by atoms with Crippen LogP contribution in [-0.2, 0) is 36.0 Å². The Hall–Kier alpha value is -2.26. The van der Waals surface area contributed by atoms with Crippen molar-refractivity contribution in [3.8, 4) is 6.07 Å². The van der Waals surface area contributed by atoms with Gasteiger partial charge in [-0.2, -0.15) is 5.26 Å². The molecule has 1 aromatic carbocycles. The number of amides is 1. The zero-order valence-corrected chi connectivity index (χ0v) is 17.7. The molecule has 2 aromatic rings. The van der Waals surface area contributed by atoms with E-state index in [4.69, 9.17) is 27.9 Å². The van der Waals surface area contributed by atoms with Crippen molar-refractivity contribution in [2.75, 3.05) is 19.8 Å². The monoisotopic (exact) mass is 429 g/mol. The highest BCUT2D eigenvalue weighted by Gasteiger charge is 2.22. The van der Waals surface area contributed by atoms with Crippen LogP contribution in [0, 0.1) is 11.3 Å². The lowest BCUT2D eigenvalue weighted by Crippen LogP contribution is -2.41. The topological polar surface area (TPSA) is 58.3 Å². The number of fused-ring (bicyclic) bond motifs is 1. The van der Waals surface area contributed by atoms with E-state index < -0.39 is 0 Å². The molecule has 7 heteroatoms. The average molecular weight is 430 g/mol. The van der Waals surface area contributed by atoms with E-state index in [1.165, 1.54) is 5.56 Å². The van der Waals surface area contributed by atoms with E-state index in [1.54, 1.807) is 4.90 Å². The highest BCUT2D eigenvalue weighted by Crippen LogP contribution is 2.33. The fourth-order valence-electron chi connectivity index (χ4n) is 3.93. The summed E-state index contributed by atoms with van der Waals surface area (Å²) >= 11 is 13.2. The van der Waals surface area contributed by atoms with Crippen LogP contribution in [0.1, 0.15) is 34.5 Å². The van der Waals surface area contributed by atoms with Gasteiger partial charge in [-0.3, -0.25) is 4.79 Å². The van der Waals surface area contributed by atoms with Crippen molar-refractivity contribution >= 4 is 35.2 Å².